The summed E-state index contributed by atoms with van der Waals surface area (Å²) in [5, 5.41) is 6.67. The number of nitrogens with zero attached hydrogens (tertiary/aromatic N) is 1. The lowest BCUT2D eigenvalue weighted by Crippen LogP contribution is -2.24. The minimum absolute atomic E-state index is 0.322. The SMILES string of the molecule is CCCOc1c(I)cc(C=NNC(=O)CC(=O)Nc2ccccc2C)cc1OCC. The van der Waals surface area contributed by atoms with Crippen LogP contribution in [0.15, 0.2) is 41.5 Å². The molecule has 0 unspecified atom stereocenters. The van der Waals surface area contributed by atoms with E-state index >= 15 is 0 Å². The molecule has 0 saturated carbocycles. The Labute approximate surface area is 190 Å². The normalized spacial score (nSPS) is 10.7. The molecule has 160 valence electrons. The molecule has 2 rings (SSSR count). The molecular weight excluding hydrogens is 497 g/mol. The summed E-state index contributed by atoms with van der Waals surface area (Å²) in [6.07, 6.45) is 2.08. The van der Waals surface area contributed by atoms with Gasteiger partial charge in [0.15, 0.2) is 11.5 Å². The summed E-state index contributed by atoms with van der Waals surface area (Å²) in [4.78, 5) is 24.0. The van der Waals surface area contributed by atoms with E-state index in [1.165, 1.54) is 6.21 Å². The molecular formula is C22H26IN3O4. The molecule has 0 bridgehead atoms. The van der Waals surface area contributed by atoms with Crippen LogP contribution in [0.3, 0.4) is 0 Å². The summed E-state index contributed by atoms with van der Waals surface area (Å²) in [5.74, 6) is 0.430. The first-order valence-corrected chi connectivity index (χ1v) is 10.8. The lowest BCUT2D eigenvalue weighted by atomic mass is 10.2. The molecule has 0 radical (unpaired) electrons. The molecule has 0 aliphatic heterocycles. The van der Waals surface area contributed by atoms with Gasteiger partial charge in [-0.25, -0.2) is 5.43 Å². The Kier molecular flexibility index (Phi) is 9.59. The number of carbonyl (C=O) groups excluding carboxylic acids is 2. The molecule has 0 aromatic heterocycles. The van der Waals surface area contributed by atoms with Crippen LogP contribution < -0.4 is 20.2 Å². The predicted molar refractivity (Wildman–Crippen MR) is 126 cm³/mol. The van der Waals surface area contributed by atoms with Gasteiger partial charge in [-0.3, -0.25) is 9.59 Å². The van der Waals surface area contributed by atoms with Crippen molar-refractivity contribution in [2.24, 2.45) is 5.10 Å². The molecule has 0 saturated heterocycles. The quantitative estimate of drug-likeness (QED) is 0.211. The molecule has 7 nitrogen and oxygen atoms in total. The van der Waals surface area contributed by atoms with E-state index in [-0.39, 0.29) is 6.42 Å². The van der Waals surface area contributed by atoms with Gasteiger partial charge in [0.1, 0.15) is 6.42 Å². The highest BCUT2D eigenvalue weighted by molar-refractivity contribution is 14.1. The molecule has 2 amide bonds. The number of aryl methyl sites for hydroxylation is 1. The Morgan fingerprint density at radius 1 is 1.13 bits per heavy atom. The maximum atomic E-state index is 12.0. The molecule has 0 atom stereocenters. The minimum atomic E-state index is -0.500. The molecule has 0 spiro atoms. The van der Waals surface area contributed by atoms with Gasteiger partial charge in [0.05, 0.1) is 23.0 Å². The van der Waals surface area contributed by atoms with E-state index < -0.39 is 11.8 Å². The van der Waals surface area contributed by atoms with Crippen molar-refractivity contribution in [3.05, 3.63) is 51.1 Å². The molecule has 0 aliphatic rings. The number of carbonyl (C=O) groups is 2. The summed E-state index contributed by atoms with van der Waals surface area (Å²) in [6, 6.07) is 11.1. The van der Waals surface area contributed by atoms with Gasteiger partial charge in [-0.15, -0.1) is 0 Å². The fraction of sp³-hybridized carbons (Fsp3) is 0.318. The molecule has 8 heteroatoms. The van der Waals surface area contributed by atoms with Gasteiger partial charge < -0.3 is 14.8 Å². The van der Waals surface area contributed by atoms with E-state index in [4.69, 9.17) is 9.47 Å². The van der Waals surface area contributed by atoms with E-state index in [0.717, 1.165) is 21.1 Å². The van der Waals surface area contributed by atoms with Gasteiger partial charge >= 0.3 is 0 Å². The summed E-state index contributed by atoms with van der Waals surface area (Å²) in [5.41, 5.74) is 4.73. The number of ether oxygens (including phenoxy) is 2. The van der Waals surface area contributed by atoms with Crippen LogP contribution in [0.5, 0.6) is 11.5 Å². The zero-order chi connectivity index (χ0) is 21.9. The number of hydrogen-bond donors (Lipinski definition) is 2. The summed E-state index contributed by atoms with van der Waals surface area (Å²) >= 11 is 2.18. The number of rotatable bonds is 10. The van der Waals surface area contributed by atoms with Crippen LogP contribution in [0.25, 0.3) is 0 Å². The van der Waals surface area contributed by atoms with Crippen LogP contribution >= 0.6 is 22.6 Å². The number of anilines is 1. The average Bonchev–Trinajstić information content (AvgIpc) is 2.69. The van der Waals surface area contributed by atoms with E-state index in [1.54, 1.807) is 12.1 Å². The standard InChI is InChI=1S/C22H26IN3O4/c1-4-10-30-22-17(23)11-16(12-19(22)29-5-2)14-24-26-21(28)13-20(27)25-18-9-7-6-8-15(18)3/h6-9,11-12,14H,4-5,10,13H2,1-3H3,(H,25,27)(H,26,28). The molecule has 0 heterocycles. The van der Waals surface area contributed by atoms with Gasteiger partial charge in [-0.2, -0.15) is 5.10 Å². The van der Waals surface area contributed by atoms with E-state index in [9.17, 15) is 9.59 Å². The second-order valence-electron chi connectivity index (χ2n) is 6.44. The fourth-order valence-electron chi connectivity index (χ4n) is 2.54. The number of halogens is 1. The second kappa shape index (κ2) is 12.2. The van der Waals surface area contributed by atoms with Crippen molar-refractivity contribution in [3.63, 3.8) is 0 Å². The van der Waals surface area contributed by atoms with Gasteiger partial charge in [-0.1, -0.05) is 25.1 Å². The third kappa shape index (κ3) is 7.33. The number of nitrogens with one attached hydrogen (secondary N) is 2. The lowest BCUT2D eigenvalue weighted by molar-refractivity contribution is -0.126. The summed E-state index contributed by atoms with van der Waals surface area (Å²) in [7, 11) is 0. The van der Waals surface area contributed by atoms with Gasteiger partial charge in [0.25, 0.3) is 0 Å². The number of amides is 2. The lowest BCUT2D eigenvalue weighted by Gasteiger charge is -2.14. The smallest absolute Gasteiger partial charge is 0.249 e. The Morgan fingerprint density at radius 3 is 2.60 bits per heavy atom. The Balaban J connectivity index is 1.96. The largest absolute Gasteiger partial charge is 0.490 e. The van der Waals surface area contributed by atoms with Crippen LogP contribution in [0.4, 0.5) is 5.69 Å². The second-order valence-corrected chi connectivity index (χ2v) is 7.61. The van der Waals surface area contributed by atoms with Crippen molar-refractivity contribution < 1.29 is 19.1 Å². The van der Waals surface area contributed by atoms with E-state index in [0.29, 0.717) is 30.4 Å². The van der Waals surface area contributed by atoms with Crippen molar-refractivity contribution in [1.29, 1.82) is 0 Å². The fourth-order valence-corrected chi connectivity index (χ4v) is 3.32. The van der Waals surface area contributed by atoms with Crippen molar-refractivity contribution >= 4 is 46.3 Å². The third-order valence-electron chi connectivity index (χ3n) is 3.93. The Morgan fingerprint density at radius 2 is 1.90 bits per heavy atom. The summed E-state index contributed by atoms with van der Waals surface area (Å²) in [6.45, 7) is 6.93. The molecule has 2 aromatic rings. The molecule has 2 aromatic carbocycles. The summed E-state index contributed by atoms with van der Waals surface area (Å²) < 4.78 is 12.3. The van der Waals surface area contributed by atoms with Crippen molar-refractivity contribution in [2.75, 3.05) is 18.5 Å². The maximum Gasteiger partial charge on any atom is 0.249 e. The first kappa shape index (κ1) is 23.7. The zero-order valence-electron chi connectivity index (χ0n) is 17.3. The van der Waals surface area contributed by atoms with E-state index in [1.807, 2.05) is 45.0 Å². The number of hydrogen-bond acceptors (Lipinski definition) is 5. The Bertz CT molecular complexity index is 915. The van der Waals surface area contributed by atoms with Gasteiger partial charge in [0.2, 0.25) is 11.8 Å². The highest BCUT2D eigenvalue weighted by atomic mass is 127. The van der Waals surface area contributed by atoms with Crippen LogP contribution in [-0.2, 0) is 9.59 Å². The first-order chi connectivity index (χ1) is 14.4. The van der Waals surface area contributed by atoms with Crippen LogP contribution in [-0.4, -0.2) is 31.2 Å². The highest BCUT2D eigenvalue weighted by Gasteiger charge is 2.12. The number of para-hydroxylation sites is 1. The van der Waals surface area contributed by atoms with Crippen LogP contribution in [0, 0.1) is 10.5 Å². The van der Waals surface area contributed by atoms with Gasteiger partial charge in [0, 0.05) is 5.69 Å². The number of hydrazone groups is 1. The maximum absolute atomic E-state index is 12.0. The van der Waals surface area contributed by atoms with Crippen molar-refractivity contribution in [2.45, 2.75) is 33.6 Å². The predicted octanol–water partition coefficient (Wildman–Crippen LogP) is 4.27. The topological polar surface area (TPSA) is 89.0 Å². The van der Waals surface area contributed by atoms with E-state index in [2.05, 4.69) is 38.4 Å². The average molecular weight is 523 g/mol. The molecule has 30 heavy (non-hydrogen) atoms. The van der Waals surface area contributed by atoms with Crippen LogP contribution in [0.2, 0.25) is 0 Å². The zero-order valence-corrected chi connectivity index (χ0v) is 19.5. The van der Waals surface area contributed by atoms with Gasteiger partial charge in [-0.05, 0) is 72.2 Å². The van der Waals surface area contributed by atoms with Crippen LogP contribution in [0.1, 0.15) is 37.8 Å². The molecule has 0 aliphatic carbocycles. The first-order valence-electron chi connectivity index (χ1n) is 9.71. The molecule has 2 N–H and O–H groups in total. The minimum Gasteiger partial charge on any atom is -0.490 e. The van der Waals surface area contributed by atoms with Crippen molar-refractivity contribution in [3.8, 4) is 11.5 Å². The number of benzene rings is 2. The molecule has 0 fully saturated rings. The Hall–Kier alpha value is -2.62. The highest BCUT2D eigenvalue weighted by Crippen LogP contribution is 2.34. The third-order valence-corrected chi connectivity index (χ3v) is 4.73. The van der Waals surface area contributed by atoms with Crippen molar-refractivity contribution in [1.82, 2.24) is 5.43 Å². The monoisotopic (exact) mass is 523 g/mol.